The molecule has 0 aliphatic heterocycles. The number of halogens is 3. The van der Waals surface area contributed by atoms with Gasteiger partial charge in [0.15, 0.2) is 0 Å². The highest BCUT2D eigenvalue weighted by molar-refractivity contribution is 5.92. The maximum atomic E-state index is 13.2. The number of pyridine rings is 1. The average Bonchev–Trinajstić information content (AvgIpc) is 3.63. The lowest BCUT2D eigenvalue weighted by molar-refractivity contribution is -0.139. The number of aromatic nitrogens is 5. The fraction of sp³-hybridized carbons (Fsp3) is 0.269. The minimum absolute atomic E-state index is 0.0162. The number of ether oxygens (including phenoxy) is 1. The smallest absolute Gasteiger partial charge is 0.421 e. The molecule has 1 aromatic carbocycles. The van der Waals surface area contributed by atoms with Gasteiger partial charge in [0.1, 0.15) is 11.4 Å². The summed E-state index contributed by atoms with van der Waals surface area (Å²) in [7, 11) is 1.10. The van der Waals surface area contributed by atoms with E-state index in [0.29, 0.717) is 23.9 Å². The molecule has 1 amide bonds. The molecule has 4 aromatic rings. The molecule has 0 atom stereocenters. The van der Waals surface area contributed by atoms with Crippen molar-refractivity contribution in [3.05, 3.63) is 83.8 Å². The van der Waals surface area contributed by atoms with Crippen molar-refractivity contribution in [3.8, 4) is 17.0 Å². The van der Waals surface area contributed by atoms with Crippen LogP contribution in [0.4, 0.5) is 18.9 Å². The lowest BCUT2D eigenvalue weighted by atomic mass is 10.0. The van der Waals surface area contributed by atoms with Gasteiger partial charge in [0.2, 0.25) is 11.8 Å². The van der Waals surface area contributed by atoms with Crippen LogP contribution in [0.15, 0.2) is 61.3 Å². The van der Waals surface area contributed by atoms with E-state index in [0.717, 1.165) is 36.1 Å². The van der Waals surface area contributed by atoms with E-state index in [2.05, 4.69) is 30.1 Å². The van der Waals surface area contributed by atoms with Crippen molar-refractivity contribution in [2.45, 2.75) is 37.9 Å². The largest absolute Gasteiger partial charge is 0.481 e. The second-order valence-corrected chi connectivity index (χ2v) is 8.82. The van der Waals surface area contributed by atoms with E-state index in [1.54, 1.807) is 24.5 Å². The van der Waals surface area contributed by atoms with Crippen LogP contribution in [0.25, 0.3) is 11.1 Å². The summed E-state index contributed by atoms with van der Waals surface area (Å²) in [5, 5.41) is 6.85. The Bertz CT molecular complexity index is 1400. The van der Waals surface area contributed by atoms with Crippen molar-refractivity contribution >= 4 is 11.6 Å². The normalized spacial score (nSPS) is 13.4. The lowest BCUT2D eigenvalue weighted by Gasteiger charge is -2.13. The predicted molar refractivity (Wildman–Crippen MR) is 129 cm³/mol. The standard InChI is InChI=1S/C26H23F3N6O2/c1-37-25-22(26(27,28)29)10-20(14-32-25)34-24(36)9-16-2-4-18(5-3-16)19-12-30-23(31-13-19)8-17-11-33-35(15-17)21-6-7-21/h2-5,10-15,21H,6-9H2,1H3,(H,34,36). The Kier molecular flexibility index (Phi) is 6.60. The third-order valence-corrected chi connectivity index (χ3v) is 5.93. The van der Waals surface area contributed by atoms with E-state index in [1.165, 1.54) is 12.8 Å². The number of anilines is 1. The molecule has 1 aliphatic rings. The van der Waals surface area contributed by atoms with Gasteiger partial charge in [-0.15, -0.1) is 0 Å². The van der Waals surface area contributed by atoms with Gasteiger partial charge >= 0.3 is 6.18 Å². The fourth-order valence-corrected chi connectivity index (χ4v) is 3.88. The number of benzene rings is 1. The lowest BCUT2D eigenvalue weighted by Crippen LogP contribution is -2.16. The molecule has 190 valence electrons. The Morgan fingerprint density at radius 1 is 1.03 bits per heavy atom. The first-order chi connectivity index (χ1) is 17.8. The molecular weight excluding hydrogens is 485 g/mol. The number of hydrogen-bond acceptors (Lipinski definition) is 6. The predicted octanol–water partition coefficient (Wildman–Crippen LogP) is 4.87. The van der Waals surface area contributed by atoms with Crippen LogP contribution in [-0.4, -0.2) is 37.7 Å². The summed E-state index contributed by atoms with van der Waals surface area (Å²) in [5.41, 5.74) is 2.36. The van der Waals surface area contributed by atoms with Gasteiger partial charge in [-0.25, -0.2) is 15.0 Å². The van der Waals surface area contributed by atoms with E-state index >= 15 is 0 Å². The van der Waals surface area contributed by atoms with Crippen molar-refractivity contribution in [1.29, 1.82) is 0 Å². The number of carbonyl (C=O) groups excluding carboxylic acids is 1. The molecular formula is C26H23F3N6O2. The minimum atomic E-state index is -4.66. The summed E-state index contributed by atoms with van der Waals surface area (Å²) < 4.78 is 46.2. The molecule has 8 nitrogen and oxygen atoms in total. The first-order valence-corrected chi connectivity index (χ1v) is 11.6. The Morgan fingerprint density at radius 2 is 1.76 bits per heavy atom. The molecule has 0 bridgehead atoms. The minimum Gasteiger partial charge on any atom is -0.481 e. The number of carbonyl (C=O) groups is 1. The first-order valence-electron chi connectivity index (χ1n) is 11.6. The van der Waals surface area contributed by atoms with Crippen LogP contribution in [0, 0.1) is 0 Å². The molecule has 0 unspecified atom stereocenters. The fourth-order valence-electron chi connectivity index (χ4n) is 3.88. The molecule has 0 spiro atoms. The summed E-state index contributed by atoms with van der Waals surface area (Å²) in [6.45, 7) is 0. The zero-order valence-electron chi connectivity index (χ0n) is 19.9. The van der Waals surface area contributed by atoms with Crippen LogP contribution in [0.3, 0.4) is 0 Å². The number of nitrogens with one attached hydrogen (secondary N) is 1. The number of nitrogens with zero attached hydrogens (tertiary/aromatic N) is 5. The molecule has 1 aliphatic carbocycles. The van der Waals surface area contributed by atoms with E-state index in [1.807, 2.05) is 29.2 Å². The highest BCUT2D eigenvalue weighted by Gasteiger charge is 2.35. The summed E-state index contributed by atoms with van der Waals surface area (Å²) in [4.78, 5) is 25.0. The SMILES string of the molecule is COc1ncc(NC(=O)Cc2ccc(-c3cnc(Cc4cnn(C5CC5)c4)nc3)cc2)cc1C(F)(F)F. The van der Waals surface area contributed by atoms with Crippen LogP contribution in [0.5, 0.6) is 5.88 Å². The van der Waals surface area contributed by atoms with Crippen LogP contribution >= 0.6 is 0 Å². The zero-order valence-corrected chi connectivity index (χ0v) is 19.9. The van der Waals surface area contributed by atoms with Gasteiger partial charge in [-0.1, -0.05) is 24.3 Å². The Labute approximate surface area is 210 Å². The number of methoxy groups -OCH3 is 1. The van der Waals surface area contributed by atoms with Gasteiger partial charge in [0.25, 0.3) is 0 Å². The molecule has 37 heavy (non-hydrogen) atoms. The summed E-state index contributed by atoms with van der Waals surface area (Å²) in [6, 6.07) is 8.59. The van der Waals surface area contributed by atoms with Gasteiger partial charge in [0.05, 0.1) is 37.7 Å². The van der Waals surface area contributed by atoms with Crippen LogP contribution in [-0.2, 0) is 23.8 Å². The molecule has 0 saturated heterocycles. The van der Waals surface area contributed by atoms with Gasteiger partial charge < -0.3 is 10.1 Å². The van der Waals surface area contributed by atoms with E-state index in [9.17, 15) is 18.0 Å². The van der Waals surface area contributed by atoms with Crippen LogP contribution < -0.4 is 10.1 Å². The van der Waals surface area contributed by atoms with Crippen molar-refractivity contribution in [2.75, 3.05) is 12.4 Å². The summed E-state index contributed by atoms with van der Waals surface area (Å²) >= 11 is 0. The van der Waals surface area contributed by atoms with Gasteiger partial charge in [-0.2, -0.15) is 18.3 Å². The molecule has 1 N–H and O–H groups in total. The molecule has 3 heterocycles. The van der Waals surface area contributed by atoms with Gasteiger partial charge in [-0.3, -0.25) is 9.48 Å². The Hall–Kier alpha value is -4.28. The van der Waals surface area contributed by atoms with Gasteiger partial charge in [0, 0.05) is 30.6 Å². The molecule has 1 saturated carbocycles. The Balaban J connectivity index is 1.19. The second-order valence-electron chi connectivity index (χ2n) is 8.82. The van der Waals surface area contributed by atoms with Crippen LogP contribution in [0.2, 0.25) is 0 Å². The third kappa shape index (κ3) is 5.93. The summed E-state index contributed by atoms with van der Waals surface area (Å²) in [6.07, 6.45) is 6.82. The quantitative estimate of drug-likeness (QED) is 0.365. The van der Waals surface area contributed by atoms with E-state index in [4.69, 9.17) is 0 Å². The topological polar surface area (TPSA) is 94.8 Å². The molecule has 3 aromatic heterocycles. The molecule has 1 fully saturated rings. The highest BCUT2D eigenvalue weighted by atomic mass is 19.4. The molecule has 0 radical (unpaired) electrons. The molecule has 5 rings (SSSR count). The maximum Gasteiger partial charge on any atom is 0.421 e. The highest BCUT2D eigenvalue weighted by Crippen LogP contribution is 2.36. The average molecular weight is 509 g/mol. The van der Waals surface area contributed by atoms with Crippen molar-refractivity contribution in [1.82, 2.24) is 24.7 Å². The number of hydrogen-bond donors (Lipinski definition) is 1. The van der Waals surface area contributed by atoms with E-state index in [-0.39, 0.29) is 12.1 Å². The number of amides is 1. The first kappa shape index (κ1) is 24.4. The van der Waals surface area contributed by atoms with Crippen molar-refractivity contribution in [3.63, 3.8) is 0 Å². The van der Waals surface area contributed by atoms with Crippen molar-refractivity contribution < 1.29 is 22.7 Å². The van der Waals surface area contributed by atoms with Crippen LogP contribution in [0.1, 0.15) is 41.4 Å². The zero-order chi connectivity index (χ0) is 26.0. The third-order valence-electron chi connectivity index (χ3n) is 5.93. The van der Waals surface area contributed by atoms with E-state index < -0.39 is 23.5 Å². The van der Waals surface area contributed by atoms with Gasteiger partial charge in [-0.05, 0) is 35.6 Å². The summed E-state index contributed by atoms with van der Waals surface area (Å²) in [5.74, 6) is -0.317. The Morgan fingerprint density at radius 3 is 2.41 bits per heavy atom. The monoisotopic (exact) mass is 508 g/mol. The second kappa shape index (κ2) is 10.00. The van der Waals surface area contributed by atoms with Crippen molar-refractivity contribution in [2.24, 2.45) is 0 Å². The number of rotatable bonds is 8. The maximum absolute atomic E-state index is 13.2. The number of alkyl halides is 3. The molecule has 11 heteroatoms.